The molecule has 1 atom stereocenters. The Morgan fingerprint density at radius 2 is 1.88 bits per heavy atom. The first-order valence-corrected chi connectivity index (χ1v) is 11.4. The second kappa shape index (κ2) is 10.4. The number of rotatable bonds is 8. The first kappa shape index (κ1) is 24.2. The molecule has 0 radical (unpaired) electrons. The van der Waals surface area contributed by atoms with Crippen molar-refractivity contribution in [3.05, 3.63) is 57.6 Å². The van der Waals surface area contributed by atoms with Gasteiger partial charge in [0.1, 0.15) is 17.5 Å². The lowest BCUT2D eigenvalue weighted by Crippen LogP contribution is -2.48. The van der Waals surface area contributed by atoms with E-state index in [1.807, 2.05) is 39.0 Å². The Labute approximate surface area is 196 Å². The molecule has 3 N–H and O–H groups in total. The summed E-state index contributed by atoms with van der Waals surface area (Å²) in [5, 5.41) is 8.38. The third kappa shape index (κ3) is 6.29. The van der Waals surface area contributed by atoms with Crippen molar-refractivity contribution < 1.29 is 18.8 Å². The molecule has 0 aliphatic rings. The molecule has 174 valence electrons. The van der Waals surface area contributed by atoms with Crippen molar-refractivity contribution in [1.82, 2.24) is 15.6 Å². The van der Waals surface area contributed by atoms with Gasteiger partial charge >= 0.3 is 0 Å². The number of benzene rings is 1. The molecule has 0 bridgehead atoms. The maximum atomic E-state index is 12.5. The topological polar surface area (TPSA) is 113 Å². The Morgan fingerprint density at radius 1 is 1.12 bits per heavy atom. The maximum Gasteiger partial charge on any atom is 0.265 e. The number of anilines is 1. The summed E-state index contributed by atoms with van der Waals surface area (Å²) in [6, 6.07) is 10.3. The summed E-state index contributed by atoms with van der Waals surface area (Å²) in [5.74, 6) is 0.203. The average molecular weight is 469 g/mol. The van der Waals surface area contributed by atoms with Gasteiger partial charge in [0.15, 0.2) is 0 Å². The minimum atomic E-state index is -0.624. The van der Waals surface area contributed by atoms with Crippen molar-refractivity contribution in [2.24, 2.45) is 5.92 Å². The summed E-state index contributed by atoms with van der Waals surface area (Å²) >= 11 is 1.43. The highest BCUT2D eigenvalue weighted by atomic mass is 32.1. The molecule has 3 rings (SSSR count). The van der Waals surface area contributed by atoms with Gasteiger partial charge in [-0.1, -0.05) is 19.9 Å². The molecular weight excluding hydrogens is 440 g/mol. The van der Waals surface area contributed by atoms with Gasteiger partial charge in [0.2, 0.25) is 17.7 Å². The lowest BCUT2D eigenvalue weighted by atomic mass is 10.0. The molecule has 33 heavy (non-hydrogen) atoms. The smallest absolute Gasteiger partial charge is 0.265 e. The van der Waals surface area contributed by atoms with Crippen LogP contribution < -0.4 is 16.0 Å². The fourth-order valence-electron chi connectivity index (χ4n) is 3.23. The van der Waals surface area contributed by atoms with Crippen LogP contribution in [0.5, 0.6) is 0 Å². The van der Waals surface area contributed by atoms with Crippen molar-refractivity contribution >= 4 is 34.7 Å². The summed E-state index contributed by atoms with van der Waals surface area (Å²) in [6.45, 7) is 9.02. The Hall–Kier alpha value is -3.46. The molecule has 0 aliphatic carbocycles. The fraction of sp³-hybridized carbons (Fsp3) is 0.333. The van der Waals surface area contributed by atoms with Gasteiger partial charge in [-0.15, -0.1) is 11.3 Å². The number of thiophene rings is 1. The van der Waals surface area contributed by atoms with Gasteiger partial charge in [0.25, 0.3) is 5.91 Å². The number of carbonyl (C=O) groups excluding carboxylic acids is 3. The maximum absolute atomic E-state index is 12.5. The second-order valence-corrected chi connectivity index (χ2v) is 9.40. The predicted molar refractivity (Wildman–Crippen MR) is 128 cm³/mol. The molecule has 0 spiro atoms. The van der Waals surface area contributed by atoms with Crippen LogP contribution in [0.15, 0.2) is 40.8 Å². The molecular formula is C24H28N4O4S. The monoisotopic (exact) mass is 468 g/mol. The predicted octanol–water partition coefficient (Wildman–Crippen LogP) is 4.05. The molecule has 0 saturated carbocycles. The summed E-state index contributed by atoms with van der Waals surface area (Å²) < 4.78 is 5.81. The van der Waals surface area contributed by atoms with E-state index >= 15 is 0 Å². The molecule has 0 fully saturated rings. The van der Waals surface area contributed by atoms with Crippen molar-refractivity contribution in [2.45, 2.75) is 47.2 Å². The van der Waals surface area contributed by atoms with E-state index in [1.54, 1.807) is 25.1 Å². The van der Waals surface area contributed by atoms with Gasteiger partial charge in [-0.25, -0.2) is 4.98 Å². The van der Waals surface area contributed by atoms with E-state index in [1.165, 1.54) is 18.3 Å². The number of hydrogen-bond donors (Lipinski definition) is 3. The lowest BCUT2D eigenvalue weighted by molar-refractivity contribution is -0.129. The van der Waals surface area contributed by atoms with Crippen LogP contribution in [0, 0.1) is 19.8 Å². The molecule has 3 amide bonds. The van der Waals surface area contributed by atoms with E-state index in [2.05, 4.69) is 20.9 Å². The van der Waals surface area contributed by atoms with Crippen LogP contribution in [-0.2, 0) is 16.1 Å². The Kier molecular flexibility index (Phi) is 7.65. The largest absolute Gasteiger partial charge is 0.441 e. The van der Waals surface area contributed by atoms with E-state index in [4.69, 9.17) is 4.42 Å². The number of nitrogens with one attached hydrogen (secondary N) is 3. The minimum Gasteiger partial charge on any atom is -0.441 e. The number of aryl methyl sites for hydroxylation is 2. The van der Waals surface area contributed by atoms with Crippen LogP contribution >= 0.6 is 11.3 Å². The van der Waals surface area contributed by atoms with E-state index in [-0.39, 0.29) is 30.2 Å². The fourth-order valence-corrected chi connectivity index (χ4v) is 3.99. The standard InChI is InChI=1S/C24H28N4O4S/c1-13(2)21(26-16(5)29)23(31)25-12-19-15(4)32-24(28-19)17-7-6-8-18(11-17)27-22(30)20-10-9-14(3)33-20/h6-11,13,21H,12H2,1-5H3,(H,25,31)(H,26,29)(H,27,30)/t21-/m0/s1. The van der Waals surface area contributed by atoms with Crippen LogP contribution in [-0.4, -0.2) is 28.7 Å². The molecule has 0 unspecified atom stereocenters. The number of hydrogen-bond acceptors (Lipinski definition) is 6. The molecule has 0 aliphatic heterocycles. The summed E-state index contributed by atoms with van der Waals surface area (Å²) in [4.78, 5) is 42.6. The number of oxazole rings is 1. The van der Waals surface area contributed by atoms with Crippen LogP contribution in [0.3, 0.4) is 0 Å². The molecule has 8 nitrogen and oxygen atoms in total. The average Bonchev–Trinajstić information content (AvgIpc) is 3.35. The van der Waals surface area contributed by atoms with Crippen molar-refractivity contribution in [3.8, 4) is 11.5 Å². The molecule has 2 heterocycles. The van der Waals surface area contributed by atoms with Crippen LogP contribution in [0.2, 0.25) is 0 Å². The molecule has 0 saturated heterocycles. The van der Waals surface area contributed by atoms with Crippen LogP contribution in [0.25, 0.3) is 11.5 Å². The van der Waals surface area contributed by atoms with Crippen LogP contribution in [0.4, 0.5) is 5.69 Å². The van der Waals surface area contributed by atoms with Gasteiger partial charge in [0.05, 0.1) is 11.4 Å². The normalized spacial score (nSPS) is 11.8. The van der Waals surface area contributed by atoms with E-state index < -0.39 is 6.04 Å². The number of aromatic nitrogens is 1. The highest BCUT2D eigenvalue weighted by molar-refractivity contribution is 7.14. The van der Waals surface area contributed by atoms with Gasteiger partial charge in [-0.05, 0) is 50.1 Å². The van der Waals surface area contributed by atoms with Gasteiger partial charge in [-0.2, -0.15) is 0 Å². The highest BCUT2D eigenvalue weighted by Gasteiger charge is 2.23. The zero-order chi connectivity index (χ0) is 24.1. The van der Waals surface area contributed by atoms with Crippen molar-refractivity contribution in [3.63, 3.8) is 0 Å². The third-order valence-corrected chi connectivity index (χ3v) is 5.96. The second-order valence-electron chi connectivity index (χ2n) is 8.11. The van der Waals surface area contributed by atoms with Crippen molar-refractivity contribution in [1.29, 1.82) is 0 Å². The Morgan fingerprint density at radius 3 is 2.52 bits per heavy atom. The van der Waals surface area contributed by atoms with E-state index in [0.717, 1.165) is 4.88 Å². The number of nitrogens with zero attached hydrogens (tertiary/aromatic N) is 1. The highest BCUT2D eigenvalue weighted by Crippen LogP contribution is 2.25. The third-order valence-electron chi connectivity index (χ3n) is 4.96. The first-order valence-electron chi connectivity index (χ1n) is 10.6. The summed E-state index contributed by atoms with van der Waals surface area (Å²) in [7, 11) is 0. The minimum absolute atomic E-state index is 0.0566. The molecule has 9 heteroatoms. The SMILES string of the molecule is CC(=O)N[C@H](C(=O)NCc1nc(-c2cccc(NC(=O)c3ccc(C)s3)c2)oc1C)C(C)C. The Balaban J connectivity index is 1.69. The van der Waals surface area contributed by atoms with Gasteiger partial charge < -0.3 is 20.4 Å². The quantitative estimate of drug-likeness (QED) is 0.462. The zero-order valence-electron chi connectivity index (χ0n) is 19.3. The number of carbonyl (C=O) groups is 3. The van der Waals surface area contributed by atoms with Crippen LogP contribution in [0.1, 0.15) is 46.8 Å². The first-order chi connectivity index (χ1) is 15.6. The van der Waals surface area contributed by atoms with E-state index in [9.17, 15) is 14.4 Å². The summed E-state index contributed by atoms with van der Waals surface area (Å²) in [5.41, 5.74) is 1.92. The lowest BCUT2D eigenvalue weighted by Gasteiger charge is -2.20. The Bertz CT molecular complexity index is 1160. The van der Waals surface area contributed by atoms with Gasteiger partial charge in [-0.3, -0.25) is 14.4 Å². The molecule has 1 aromatic carbocycles. The molecule has 2 aromatic heterocycles. The van der Waals surface area contributed by atoms with E-state index in [0.29, 0.717) is 33.5 Å². The zero-order valence-corrected chi connectivity index (χ0v) is 20.1. The summed E-state index contributed by atoms with van der Waals surface area (Å²) in [6.07, 6.45) is 0. The van der Waals surface area contributed by atoms with Crippen molar-refractivity contribution in [2.75, 3.05) is 5.32 Å². The van der Waals surface area contributed by atoms with Gasteiger partial charge in [0, 0.05) is 23.1 Å². The molecule has 3 aromatic rings. The number of amides is 3.